The van der Waals surface area contributed by atoms with Crippen LogP contribution in [0.2, 0.25) is 0 Å². The molecule has 0 fully saturated rings. The summed E-state index contributed by atoms with van der Waals surface area (Å²) in [5.41, 5.74) is 7.30. The van der Waals surface area contributed by atoms with E-state index in [0.29, 0.717) is 0 Å². The number of hydrogen-bond acceptors (Lipinski definition) is 2. The second kappa shape index (κ2) is 4.03. The van der Waals surface area contributed by atoms with E-state index in [1.165, 1.54) is 0 Å². The van der Waals surface area contributed by atoms with E-state index in [1.807, 2.05) is 25.1 Å². The Hall–Kier alpha value is -0.380. The first-order valence-electron chi connectivity index (χ1n) is 3.80. The molecule has 3 heteroatoms. The van der Waals surface area contributed by atoms with Crippen LogP contribution in [0.5, 0.6) is 0 Å². The van der Waals surface area contributed by atoms with Crippen LogP contribution in [0.3, 0.4) is 0 Å². The fraction of sp³-hybridized carbons (Fsp3) is 0.333. The highest BCUT2D eigenvalue weighted by molar-refractivity contribution is 9.10. The van der Waals surface area contributed by atoms with Crippen molar-refractivity contribution in [1.82, 2.24) is 0 Å². The molecule has 0 aliphatic carbocycles. The Morgan fingerprint density at radius 2 is 2.25 bits per heavy atom. The van der Waals surface area contributed by atoms with E-state index >= 15 is 0 Å². The Morgan fingerprint density at radius 1 is 1.58 bits per heavy atom. The van der Waals surface area contributed by atoms with E-state index in [1.54, 1.807) is 0 Å². The predicted octanol–water partition coefficient (Wildman–Crippen LogP) is 1.75. The van der Waals surface area contributed by atoms with Gasteiger partial charge < -0.3 is 10.8 Å². The second-order valence-corrected chi connectivity index (χ2v) is 3.56. The molecule has 2 nitrogen and oxygen atoms in total. The molecule has 1 rings (SSSR count). The molecular formula is C9H12BrNO. The number of aliphatic hydroxyl groups is 1. The number of benzene rings is 1. The van der Waals surface area contributed by atoms with Crippen molar-refractivity contribution in [2.45, 2.75) is 13.0 Å². The van der Waals surface area contributed by atoms with Gasteiger partial charge in [0.25, 0.3) is 0 Å². The third-order valence-corrected chi connectivity index (χ3v) is 2.75. The molecule has 0 amide bonds. The third kappa shape index (κ3) is 1.86. The lowest BCUT2D eigenvalue weighted by atomic mass is 10.0. The van der Waals surface area contributed by atoms with Gasteiger partial charge in [0.15, 0.2) is 0 Å². The van der Waals surface area contributed by atoms with Gasteiger partial charge in [0.1, 0.15) is 0 Å². The quantitative estimate of drug-likeness (QED) is 0.812. The maximum absolute atomic E-state index is 9.49. The zero-order valence-corrected chi connectivity index (χ0v) is 8.51. The van der Waals surface area contributed by atoms with Gasteiger partial charge in [0.2, 0.25) is 0 Å². The number of aliphatic hydroxyl groups excluding tert-OH is 1. The van der Waals surface area contributed by atoms with Gasteiger partial charge in [0, 0.05) is 11.0 Å². The Bertz CT molecular complexity index is 275. The summed E-state index contributed by atoms with van der Waals surface area (Å²) >= 11 is 3.39. The molecule has 1 aromatic rings. The molecule has 0 unspecified atom stereocenters. The van der Waals surface area contributed by atoms with Gasteiger partial charge in [-0.25, -0.2) is 0 Å². The summed E-state index contributed by atoms with van der Waals surface area (Å²) in [4.78, 5) is 0. The summed E-state index contributed by atoms with van der Waals surface area (Å²) in [7, 11) is 0. The first-order valence-corrected chi connectivity index (χ1v) is 4.59. The summed E-state index contributed by atoms with van der Waals surface area (Å²) in [6.07, 6.45) is -0.553. The van der Waals surface area contributed by atoms with Crippen LogP contribution < -0.4 is 5.73 Å². The van der Waals surface area contributed by atoms with Crippen LogP contribution in [0.25, 0.3) is 0 Å². The highest BCUT2D eigenvalue weighted by Gasteiger charge is 2.08. The maximum atomic E-state index is 9.49. The maximum Gasteiger partial charge on any atom is 0.0915 e. The molecule has 66 valence electrons. The van der Waals surface area contributed by atoms with Crippen LogP contribution in [-0.2, 0) is 0 Å². The van der Waals surface area contributed by atoms with Gasteiger partial charge in [-0.3, -0.25) is 0 Å². The molecule has 3 N–H and O–H groups in total. The first-order chi connectivity index (χ1) is 5.66. The minimum absolute atomic E-state index is 0.261. The highest BCUT2D eigenvalue weighted by atomic mass is 79.9. The molecule has 12 heavy (non-hydrogen) atoms. The van der Waals surface area contributed by atoms with Crippen molar-refractivity contribution in [3.63, 3.8) is 0 Å². The zero-order valence-electron chi connectivity index (χ0n) is 6.92. The van der Waals surface area contributed by atoms with Crippen LogP contribution >= 0.6 is 15.9 Å². The van der Waals surface area contributed by atoms with Gasteiger partial charge >= 0.3 is 0 Å². The van der Waals surface area contributed by atoms with Crippen LogP contribution in [0.15, 0.2) is 22.7 Å². The van der Waals surface area contributed by atoms with Crippen molar-refractivity contribution in [3.05, 3.63) is 33.8 Å². The Balaban J connectivity index is 3.07. The van der Waals surface area contributed by atoms with E-state index in [-0.39, 0.29) is 6.54 Å². The summed E-state index contributed by atoms with van der Waals surface area (Å²) in [5.74, 6) is 0. The van der Waals surface area contributed by atoms with Gasteiger partial charge in [-0.05, 0) is 24.1 Å². The van der Waals surface area contributed by atoms with E-state index < -0.39 is 6.10 Å². The molecule has 0 bridgehead atoms. The summed E-state index contributed by atoms with van der Waals surface area (Å²) in [5, 5.41) is 9.49. The highest BCUT2D eigenvalue weighted by Crippen LogP contribution is 2.23. The minimum atomic E-state index is -0.553. The second-order valence-electron chi connectivity index (χ2n) is 2.71. The van der Waals surface area contributed by atoms with Crippen molar-refractivity contribution in [2.24, 2.45) is 5.73 Å². The van der Waals surface area contributed by atoms with Crippen LogP contribution in [0.4, 0.5) is 0 Å². The predicted molar refractivity (Wildman–Crippen MR) is 52.9 cm³/mol. The molecule has 0 aromatic heterocycles. The van der Waals surface area contributed by atoms with Crippen molar-refractivity contribution < 1.29 is 5.11 Å². The van der Waals surface area contributed by atoms with E-state index in [9.17, 15) is 5.11 Å². The average Bonchev–Trinajstić information content (AvgIpc) is 2.08. The normalized spacial score (nSPS) is 13.0. The lowest BCUT2D eigenvalue weighted by molar-refractivity contribution is 0.186. The van der Waals surface area contributed by atoms with Crippen LogP contribution in [-0.4, -0.2) is 11.7 Å². The molecule has 1 aromatic carbocycles. The van der Waals surface area contributed by atoms with E-state index in [2.05, 4.69) is 15.9 Å². The van der Waals surface area contributed by atoms with E-state index in [0.717, 1.165) is 15.6 Å². The topological polar surface area (TPSA) is 46.2 Å². The van der Waals surface area contributed by atoms with Gasteiger partial charge in [-0.15, -0.1) is 0 Å². The van der Waals surface area contributed by atoms with E-state index in [4.69, 9.17) is 5.73 Å². The number of rotatable bonds is 2. The van der Waals surface area contributed by atoms with Crippen LogP contribution in [0.1, 0.15) is 17.2 Å². The Morgan fingerprint density at radius 3 is 2.83 bits per heavy atom. The number of hydrogen-bond donors (Lipinski definition) is 2. The fourth-order valence-corrected chi connectivity index (χ4v) is 1.49. The summed E-state index contributed by atoms with van der Waals surface area (Å²) < 4.78 is 1.01. The molecule has 0 heterocycles. The molecule has 0 saturated heterocycles. The van der Waals surface area contributed by atoms with Gasteiger partial charge in [-0.2, -0.15) is 0 Å². The van der Waals surface area contributed by atoms with Crippen molar-refractivity contribution in [3.8, 4) is 0 Å². The Kier molecular flexibility index (Phi) is 3.26. The van der Waals surface area contributed by atoms with Crippen LogP contribution in [0, 0.1) is 6.92 Å². The SMILES string of the molecule is Cc1c(Br)cccc1[C@@H](O)CN. The van der Waals surface area contributed by atoms with Gasteiger partial charge in [-0.1, -0.05) is 28.1 Å². The lowest BCUT2D eigenvalue weighted by Crippen LogP contribution is -2.12. The number of nitrogens with two attached hydrogens (primary N) is 1. The lowest BCUT2D eigenvalue weighted by Gasteiger charge is -2.11. The van der Waals surface area contributed by atoms with Crippen molar-refractivity contribution in [2.75, 3.05) is 6.54 Å². The van der Waals surface area contributed by atoms with Crippen molar-refractivity contribution in [1.29, 1.82) is 0 Å². The molecule has 0 saturated carbocycles. The first kappa shape index (κ1) is 9.71. The smallest absolute Gasteiger partial charge is 0.0915 e. The molecular weight excluding hydrogens is 218 g/mol. The molecule has 0 spiro atoms. The van der Waals surface area contributed by atoms with Crippen molar-refractivity contribution >= 4 is 15.9 Å². The van der Waals surface area contributed by atoms with Gasteiger partial charge in [0.05, 0.1) is 6.10 Å². The molecule has 1 atom stereocenters. The average molecular weight is 230 g/mol. The minimum Gasteiger partial charge on any atom is -0.387 e. The Labute approximate surface area is 80.5 Å². The third-order valence-electron chi connectivity index (χ3n) is 1.89. The zero-order chi connectivity index (χ0) is 9.14. The summed E-state index contributed by atoms with van der Waals surface area (Å²) in [6, 6.07) is 5.73. The standard InChI is InChI=1S/C9H12BrNO/c1-6-7(9(12)5-11)3-2-4-8(6)10/h2-4,9,12H,5,11H2,1H3/t9-/m0/s1. The summed E-state index contributed by atoms with van der Waals surface area (Å²) in [6.45, 7) is 2.22. The molecule has 0 aliphatic heterocycles. The molecule has 0 aliphatic rings. The largest absolute Gasteiger partial charge is 0.387 e. The molecule has 0 radical (unpaired) electrons. The fourth-order valence-electron chi connectivity index (χ4n) is 1.11. The number of halogens is 1. The monoisotopic (exact) mass is 229 g/mol.